The molecular formula is C26H27N3O5S. The van der Waals surface area contributed by atoms with Crippen LogP contribution in [0.25, 0.3) is 0 Å². The van der Waals surface area contributed by atoms with Crippen LogP contribution < -0.4 is 14.8 Å². The predicted molar refractivity (Wildman–Crippen MR) is 135 cm³/mol. The van der Waals surface area contributed by atoms with E-state index in [9.17, 15) is 9.59 Å². The minimum Gasteiger partial charge on any atom is -0.497 e. The van der Waals surface area contributed by atoms with Gasteiger partial charge in [0.1, 0.15) is 18.1 Å². The van der Waals surface area contributed by atoms with Gasteiger partial charge in [0.25, 0.3) is 0 Å². The molecule has 9 heteroatoms. The molecule has 0 aliphatic carbocycles. The highest BCUT2D eigenvalue weighted by Gasteiger charge is 2.40. The SMILES string of the molecule is COC(=O)C1=C(C)N=C2SC=C(CC(=O)NCCOc3ccccc3)N2[C@@H]1c1ccc(OC)cc1. The van der Waals surface area contributed by atoms with Crippen LogP contribution in [0.3, 0.4) is 0 Å². The van der Waals surface area contributed by atoms with Crippen molar-refractivity contribution in [3.8, 4) is 11.5 Å². The number of amides is 1. The molecule has 35 heavy (non-hydrogen) atoms. The van der Waals surface area contributed by atoms with Crippen molar-refractivity contribution in [3.63, 3.8) is 0 Å². The first-order valence-corrected chi connectivity index (χ1v) is 12.0. The van der Waals surface area contributed by atoms with Crippen LogP contribution in [0.5, 0.6) is 11.5 Å². The number of ether oxygens (including phenoxy) is 3. The van der Waals surface area contributed by atoms with E-state index in [1.807, 2.05) is 64.9 Å². The summed E-state index contributed by atoms with van der Waals surface area (Å²) < 4.78 is 16.0. The maximum Gasteiger partial charge on any atom is 0.338 e. The second-order valence-corrected chi connectivity index (χ2v) is 8.68. The number of amidine groups is 1. The van der Waals surface area contributed by atoms with Gasteiger partial charge >= 0.3 is 5.97 Å². The van der Waals surface area contributed by atoms with Crippen LogP contribution in [0.1, 0.15) is 24.9 Å². The Balaban J connectivity index is 1.49. The van der Waals surface area contributed by atoms with Gasteiger partial charge in [-0.1, -0.05) is 42.1 Å². The van der Waals surface area contributed by atoms with Crippen molar-refractivity contribution in [1.82, 2.24) is 10.2 Å². The van der Waals surface area contributed by atoms with Gasteiger partial charge in [0.15, 0.2) is 5.17 Å². The topological polar surface area (TPSA) is 89.5 Å². The second kappa shape index (κ2) is 11.1. The molecule has 2 aliphatic rings. The fourth-order valence-electron chi connectivity index (χ4n) is 3.95. The molecule has 0 spiro atoms. The Bertz CT molecular complexity index is 1180. The molecule has 2 aliphatic heterocycles. The predicted octanol–water partition coefficient (Wildman–Crippen LogP) is 4.03. The van der Waals surface area contributed by atoms with Crippen molar-refractivity contribution in [2.75, 3.05) is 27.4 Å². The lowest BCUT2D eigenvalue weighted by Gasteiger charge is -2.36. The number of methoxy groups -OCH3 is 2. The van der Waals surface area contributed by atoms with Crippen LogP contribution in [0.4, 0.5) is 0 Å². The van der Waals surface area contributed by atoms with Crippen molar-refractivity contribution in [2.24, 2.45) is 4.99 Å². The number of fused-ring (bicyclic) bond motifs is 1. The summed E-state index contributed by atoms with van der Waals surface area (Å²) in [4.78, 5) is 32.1. The van der Waals surface area contributed by atoms with E-state index >= 15 is 0 Å². The van der Waals surface area contributed by atoms with Crippen molar-refractivity contribution in [2.45, 2.75) is 19.4 Å². The number of hydrogen-bond acceptors (Lipinski definition) is 8. The third-order valence-corrected chi connectivity index (χ3v) is 6.50. The maximum absolute atomic E-state index is 12.8. The summed E-state index contributed by atoms with van der Waals surface area (Å²) in [6, 6.07) is 16.5. The largest absolute Gasteiger partial charge is 0.497 e. The lowest BCUT2D eigenvalue weighted by Crippen LogP contribution is -2.38. The Morgan fingerprint density at radius 3 is 2.49 bits per heavy atom. The minimum absolute atomic E-state index is 0.136. The molecule has 0 radical (unpaired) electrons. The lowest BCUT2D eigenvalue weighted by atomic mass is 9.94. The molecule has 0 aromatic heterocycles. The van der Waals surface area contributed by atoms with E-state index in [-0.39, 0.29) is 12.3 Å². The average Bonchev–Trinajstić information content (AvgIpc) is 3.27. The molecule has 1 atom stereocenters. The summed E-state index contributed by atoms with van der Waals surface area (Å²) in [5.74, 6) is 0.868. The molecule has 2 aromatic rings. The average molecular weight is 494 g/mol. The summed E-state index contributed by atoms with van der Waals surface area (Å²) >= 11 is 1.43. The molecule has 0 saturated heterocycles. The number of nitrogens with zero attached hydrogens (tertiary/aromatic N) is 2. The third-order valence-electron chi connectivity index (χ3n) is 5.62. The van der Waals surface area contributed by atoms with Gasteiger partial charge in [-0.2, -0.15) is 0 Å². The highest BCUT2D eigenvalue weighted by Crippen LogP contribution is 2.44. The molecule has 182 valence electrons. The summed E-state index contributed by atoms with van der Waals surface area (Å²) in [6.07, 6.45) is 0.136. The van der Waals surface area contributed by atoms with Crippen LogP contribution in [-0.2, 0) is 14.3 Å². The molecule has 0 bridgehead atoms. The molecule has 2 aromatic carbocycles. The van der Waals surface area contributed by atoms with Crippen molar-refractivity contribution in [1.29, 1.82) is 0 Å². The number of rotatable bonds is 9. The minimum atomic E-state index is -0.476. The Morgan fingerprint density at radius 1 is 1.06 bits per heavy atom. The van der Waals surface area contributed by atoms with E-state index in [0.717, 1.165) is 17.0 Å². The van der Waals surface area contributed by atoms with Crippen molar-refractivity contribution < 1.29 is 23.8 Å². The molecule has 1 N–H and O–H groups in total. The molecule has 2 heterocycles. The first-order valence-electron chi connectivity index (χ1n) is 11.1. The fourth-order valence-corrected chi connectivity index (χ4v) is 4.91. The van der Waals surface area contributed by atoms with Gasteiger partial charge in [0.05, 0.1) is 44.5 Å². The molecule has 0 fully saturated rings. The van der Waals surface area contributed by atoms with Crippen LogP contribution in [0.2, 0.25) is 0 Å². The van der Waals surface area contributed by atoms with Gasteiger partial charge in [-0.15, -0.1) is 0 Å². The monoisotopic (exact) mass is 493 g/mol. The molecular weight excluding hydrogens is 466 g/mol. The Hall–Kier alpha value is -3.72. The van der Waals surface area contributed by atoms with E-state index < -0.39 is 12.0 Å². The first kappa shape index (κ1) is 24.4. The van der Waals surface area contributed by atoms with Crippen LogP contribution in [0.15, 0.2) is 82.0 Å². The molecule has 4 rings (SSSR count). The van der Waals surface area contributed by atoms with E-state index in [1.54, 1.807) is 14.0 Å². The number of allylic oxidation sites excluding steroid dienone is 1. The highest BCUT2D eigenvalue weighted by atomic mass is 32.2. The number of carbonyl (C=O) groups excluding carboxylic acids is 2. The molecule has 0 unspecified atom stereocenters. The first-order chi connectivity index (χ1) is 17.0. The quantitative estimate of drug-likeness (QED) is 0.417. The smallest absolute Gasteiger partial charge is 0.338 e. The standard InChI is InChI=1S/C26H27N3O5S/c1-17-23(25(31)33-3)24(18-9-11-20(32-2)12-10-18)29-19(16-35-26(29)28-17)15-22(30)27-13-14-34-21-7-5-4-6-8-21/h4-12,16,24H,13-15H2,1-3H3,(H,27,30)/t24-/m1/s1. The lowest BCUT2D eigenvalue weighted by molar-refractivity contribution is -0.136. The van der Waals surface area contributed by atoms with Crippen molar-refractivity contribution >= 4 is 28.8 Å². The van der Waals surface area contributed by atoms with Crippen molar-refractivity contribution in [3.05, 3.63) is 82.5 Å². The molecule has 1 amide bonds. The summed E-state index contributed by atoms with van der Waals surface area (Å²) in [6.45, 7) is 2.54. The van der Waals surface area contributed by atoms with Gasteiger partial charge in [0, 0.05) is 5.70 Å². The van der Waals surface area contributed by atoms with E-state index in [2.05, 4.69) is 10.3 Å². The van der Waals surface area contributed by atoms with Gasteiger partial charge in [-0.05, 0) is 42.2 Å². The summed E-state index contributed by atoms with van der Waals surface area (Å²) in [5, 5.41) is 5.52. The van der Waals surface area contributed by atoms with Crippen LogP contribution in [0, 0.1) is 0 Å². The zero-order valence-corrected chi connectivity index (χ0v) is 20.6. The maximum atomic E-state index is 12.8. The van der Waals surface area contributed by atoms with Gasteiger partial charge < -0.3 is 24.4 Å². The number of esters is 1. The Kier molecular flexibility index (Phi) is 7.77. The normalized spacial score (nSPS) is 16.8. The zero-order chi connectivity index (χ0) is 24.8. The number of carbonyl (C=O) groups is 2. The van der Waals surface area contributed by atoms with E-state index in [0.29, 0.717) is 35.3 Å². The zero-order valence-electron chi connectivity index (χ0n) is 19.8. The van der Waals surface area contributed by atoms with E-state index in [4.69, 9.17) is 14.2 Å². The Morgan fingerprint density at radius 2 is 1.80 bits per heavy atom. The fraction of sp³-hybridized carbons (Fsp3) is 0.269. The number of hydrogen-bond donors (Lipinski definition) is 1. The van der Waals surface area contributed by atoms with E-state index in [1.165, 1.54) is 18.9 Å². The number of benzene rings is 2. The highest BCUT2D eigenvalue weighted by molar-refractivity contribution is 8.16. The number of nitrogens with one attached hydrogen (secondary N) is 1. The van der Waals surface area contributed by atoms with Gasteiger partial charge in [-0.3, -0.25) is 4.79 Å². The second-order valence-electron chi connectivity index (χ2n) is 7.85. The Labute approximate surface area is 208 Å². The van der Waals surface area contributed by atoms with Gasteiger partial charge in [-0.25, -0.2) is 9.79 Å². The number of thioether (sulfide) groups is 1. The summed E-state index contributed by atoms with van der Waals surface area (Å²) in [7, 11) is 2.96. The molecule has 8 nitrogen and oxygen atoms in total. The molecule has 0 saturated carbocycles. The number of aliphatic imine (C=N–C) groups is 1. The third kappa shape index (κ3) is 5.51. The van der Waals surface area contributed by atoms with Crippen LogP contribution in [-0.4, -0.2) is 49.3 Å². The summed E-state index contributed by atoms with van der Waals surface area (Å²) in [5.41, 5.74) is 2.65. The number of para-hydroxylation sites is 1. The van der Waals surface area contributed by atoms with Gasteiger partial charge in [0.2, 0.25) is 5.91 Å². The van der Waals surface area contributed by atoms with Crippen LogP contribution >= 0.6 is 11.8 Å².